The number of aromatic carboxylic acids is 1. The number of benzene rings is 1. The molecule has 0 saturated carbocycles. The molecule has 1 aromatic carbocycles. The number of ether oxygens (including phenoxy) is 1. The fourth-order valence-electron chi connectivity index (χ4n) is 2.37. The van der Waals surface area contributed by atoms with Crippen molar-refractivity contribution in [2.45, 2.75) is 12.5 Å². The molecule has 5 heteroatoms. The molecule has 0 amide bonds. The van der Waals surface area contributed by atoms with Crippen molar-refractivity contribution in [2.24, 2.45) is 0 Å². The van der Waals surface area contributed by atoms with Crippen LogP contribution in [-0.2, 0) is 4.74 Å². The van der Waals surface area contributed by atoms with Crippen LogP contribution in [0, 0.1) is 0 Å². The van der Waals surface area contributed by atoms with Crippen molar-refractivity contribution in [3.05, 3.63) is 60.3 Å². The van der Waals surface area contributed by atoms with Crippen LogP contribution in [0.2, 0.25) is 0 Å². The van der Waals surface area contributed by atoms with Gasteiger partial charge in [0.05, 0.1) is 23.1 Å². The molecule has 1 heterocycles. The summed E-state index contributed by atoms with van der Waals surface area (Å²) < 4.78 is 7.05. The summed E-state index contributed by atoms with van der Waals surface area (Å²) in [4.78, 5) is 11.0. The van der Waals surface area contributed by atoms with Gasteiger partial charge < -0.3 is 9.84 Å². The number of allylic oxidation sites excluding steroid dienone is 2. The monoisotopic (exact) mass is 296 g/mol. The first kappa shape index (κ1) is 14.3. The Balaban J connectivity index is 1.86. The number of aromatic nitrogens is 2. The van der Waals surface area contributed by atoms with Gasteiger partial charge in [0.2, 0.25) is 0 Å². The highest BCUT2D eigenvalue weighted by Gasteiger charge is 2.11. The van der Waals surface area contributed by atoms with Crippen molar-refractivity contribution < 1.29 is 14.6 Å². The highest BCUT2D eigenvalue weighted by molar-refractivity contribution is 5.89. The van der Waals surface area contributed by atoms with E-state index in [4.69, 9.17) is 9.84 Å². The van der Waals surface area contributed by atoms with Gasteiger partial charge in [0.1, 0.15) is 0 Å². The third-order valence-electron chi connectivity index (χ3n) is 3.60. The van der Waals surface area contributed by atoms with Gasteiger partial charge in [-0.05, 0) is 30.7 Å². The normalized spacial score (nSPS) is 17.3. The Hall–Kier alpha value is -2.66. The van der Waals surface area contributed by atoms with Gasteiger partial charge >= 0.3 is 5.97 Å². The Morgan fingerprint density at radius 1 is 1.41 bits per heavy atom. The highest BCUT2D eigenvalue weighted by Crippen LogP contribution is 2.22. The maximum Gasteiger partial charge on any atom is 0.335 e. The summed E-state index contributed by atoms with van der Waals surface area (Å²) >= 11 is 0. The first-order valence-electron chi connectivity index (χ1n) is 6.98. The zero-order chi connectivity index (χ0) is 15.5. The number of hydrogen-bond donors (Lipinski definition) is 1. The maximum atomic E-state index is 11.0. The van der Waals surface area contributed by atoms with Crippen molar-refractivity contribution in [3.8, 4) is 11.3 Å². The molecule has 2 aromatic rings. The largest absolute Gasteiger partial charge is 0.478 e. The maximum absolute atomic E-state index is 11.0. The predicted octanol–water partition coefficient (Wildman–Crippen LogP) is 3.06. The molecule has 0 saturated heterocycles. The molecular formula is C17H16N2O3. The van der Waals surface area contributed by atoms with Gasteiger partial charge in [-0.25, -0.2) is 9.48 Å². The molecule has 0 bridgehead atoms. The van der Waals surface area contributed by atoms with Crippen LogP contribution in [0.4, 0.5) is 0 Å². The zero-order valence-corrected chi connectivity index (χ0v) is 12.1. The van der Waals surface area contributed by atoms with Crippen LogP contribution in [0.15, 0.2) is 54.8 Å². The van der Waals surface area contributed by atoms with E-state index in [1.807, 2.05) is 30.5 Å². The van der Waals surface area contributed by atoms with Crippen LogP contribution in [0.5, 0.6) is 0 Å². The fraction of sp³-hybridized carbons (Fsp3) is 0.176. The topological polar surface area (TPSA) is 64.3 Å². The van der Waals surface area contributed by atoms with Crippen LogP contribution in [0.25, 0.3) is 17.0 Å². The lowest BCUT2D eigenvalue weighted by molar-refractivity contribution is 0.0697. The summed E-state index contributed by atoms with van der Waals surface area (Å²) in [5, 5.41) is 13.6. The van der Waals surface area contributed by atoms with Gasteiger partial charge in [-0.15, -0.1) is 0 Å². The second kappa shape index (κ2) is 5.99. The van der Waals surface area contributed by atoms with E-state index in [1.54, 1.807) is 30.0 Å². The van der Waals surface area contributed by atoms with E-state index < -0.39 is 5.97 Å². The summed E-state index contributed by atoms with van der Waals surface area (Å²) in [5.74, 6) is -0.940. The molecule has 1 atom stereocenters. The zero-order valence-electron chi connectivity index (χ0n) is 12.1. The SMILES string of the molecule is COC1C=CC(n2ccc(-c3cccc(C(=O)O)c3)n2)=CC1. The lowest BCUT2D eigenvalue weighted by Gasteiger charge is -2.14. The summed E-state index contributed by atoms with van der Waals surface area (Å²) in [6.45, 7) is 0. The quantitative estimate of drug-likeness (QED) is 0.941. The second-order valence-corrected chi connectivity index (χ2v) is 5.03. The average Bonchev–Trinajstić information content (AvgIpc) is 3.05. The van der Waals surface area contributed by atoms with Crippen LogP contribution in [0.3, 0.4) is 0 Å². The smallest absolute Gasteiger partial charge is 0.335 e. The van der Waals surface area contributed by atoms with Crippen LogP contribution < -0.4 is 0 Å². The van der Waals surface area contributed by atoms with E-state index in [0.717, 1.165) is 23.4 Å². The second-order valence-electron chi connectivity index (χ2n) is 5.03. The third kappa shape index (κ3) is 2.84. The number of hydrogen-bond acceptors (Lipinski definition) is 3. The Labute approximate surface area is 128 Å². The number of carbonyl (C=O) groups is 1. The van der Waals surface area contributed by atoms with Gasteiger partial charge in [0.15, 0.2) is 0 Å². The van der Waals surface area contributed by atoms with Crippen LogP contribution >= 0.6 is 0 Å². The van der Waals surface area contributed by atoms with Gasteiger partial charge in [-0.1, -0.05) is 24.3 Å². The number of carboxylic acid groups (broad SMARTS) is 1. The van der Waals surface area contributed by atoms with Gasteiger partial charge in [0.25, 0.3) is 0 Å². The molecule has 1 aliphatic rings. The molecule has 0 fully saturated rings. The van der Waals surface area contributed by atoms with Gasteiger partial charge in [-0.2, -0.15) is 5.10 Å². The molecule has 0 spiro atoms. The van der Waals surface area contributed by atoms with Crippen molar-refractivity contribution in [1.82, 2.24) is 9.78 Å². The molecular weight excluding hydrogens is 280 g/mol. The predicted molar refractivity (Wildman–Crippen MR) is 83.4 cm³/mol. The molecule has 0 radical (unpaired) electrons. The van der Waals surface area contributed by atoms with Crippen molar-refractivity contribution in [2.75, 3.05) is 7.11 Å². The number of rotatable bonds is 4. The molecule has 1 unspecified atom stereocenters. The van der Waals surface area contributed by atoms with E-state index in [-0.39, 0.29) is 11.7 Å². The standard InChI is InChI=1S/C17H16N2O3/c1-22-15-7-5-14(6-8-15)19-10-9-16(18-19)12-3-2-4-13(11-12)17(20)21/h2-7,9-11,15H,8H2,1H3,(H,20,21). The Morgan fingerprint density at radius 2 is 2.27 bits per heavy atom. The van der Waals surface area contributed by atoms with E-state index in [9.17, 15) is 4.79 Å². The van der Waals surface area contributed by atoms with Gasteiger partial charge in [-0.3, -0.25) is 0 Å². The summed E-state index contributed by atoms with van der Waals surface area (Å²) in [6, 6.07) is 8.64. The molecule has 1 N–H and O–H groups in total. The molecule has 22 heavy (non-hydrogen) atoms. The number of nitrogens with zero attached hydrogens (tertiary/aromatic N) is 2. The lowest BCUT2D eigenvalue weighted by atomic mass is 10.1. The Bertz CT molecular complexity index is 759. The number of carboxylic acids is 1. The first-order valence-corrected chi connectivity index (χ1v) is 6.98. The molecule has 1 aromatic heterocycles. The Kier molecular flexibility index (Phi) is 3.89. The minimum atomic E-state index is -0.940. The number of methoxy groups -OCH3 is 1. The highest BCUT2D eigenvalue weighted by atomic mass is 16.5. The van der Waals surface area contributed by atoms with Crippen LogP contribution in [0.1, 0.15) is 16.8 Å². The van der Waals surface area contributed by atoms with E-state index in [0.29, 0.717) is 0 Å². The third-order valence-corrected chi connectivity index (χ3v) is 3.60. The molecule has 0 aliphatic heterocycles. The molecule has 3 rings (SSSR count). The van der Waals surface area contributed by atoms with Crippen molar-refractivity contribution in [3.63, 3.8) is 0 Å². The van der Waals surface area contributed by atoms with Crippen molar-refractivity contribution >= 4 is 11.7 Å². The molecule has 1 aliphatic carbocycles. The summed E-state index contributed by atoms with van der Waals surface area (Å²) in [6.07, 6.45) is 8.84. The fourth-order valence-corrected chi connectivity index (χ4v) is 2.37. The van der Waals surface area contributed by atoms with E-state index >= 15 is 0 Å². The minimum absolute atomic E-state index is 0.117. The molecule has 112 valence electrons. The summed E-state index contributed by atoms with van der Waals surface area (Å²) in [5.41, 5.74) is 2.76. The van der Waals surface area contributed by atoms with E-state index in [1.165, 1.54) is 0 Å². The van der Waals surface area contributed by atoms with E-state index in [2.05, 4.69) is 11.2 Å². The average molecular weight is 296 g/mol. The molecule has 5 nitrogen and oxygen atoms in total. The lowest BCUT2D eigenvalue weighted by Crippen LogP contribution is -2.10. The minimum Gasteiger partial charge on any atom is -0.478 e. The first-order chi connectivity index (χ1) is 10.7. The van der Waals surface area contributed by atoms with Crippen LogP contribution in [-0.4, -0.2) is 34.1 Å². The van der Waals surface area contributed by atoms with Gasteiger partial charge in [0, 0.05) is 18.9 Å². The summed E-state index contributed by atoms with van der Waals surface area (Å²) in [7, 11) is 1.69. The Morgan fingerprint density at radius 3 is 2.95 bits per heavy atom. The van der Waals surface area contributed by atoms with Crippen molar-refractivity contribution in [1.29, 1.82) is 0 Å².